The van der Waals surface area contributed by atoms with Crippen LogP contribution in [0.2, 0.25) is 0 Å². The molecular weight excluding hydrogens is 320 g/mol. The maximum absolute atomic E-state index is 5.89. The highest BCUT2D eigenvalue weighted by Gasteiger charge is 2.05. The van der Waals surface area contributed by atoms with Crippen LogP contribution in [0.5, 0.6) is 5.75 Å². The van der Waals surface area contributed by atoms with E-state index in [0.717, 1.165) is 30.4 Å². The zero-order valence-corrected chi connectivity index (χ0v) is 15.4. The van der Waals surface area contributed by atoms with Crippen molar-refractivity contribution >= 4 is 17.3 Å². The largest absolute Gasteiger partial charge is 0.492 e. The van der Waals surface area contributed by atoms with Gasteiger partial charge in [-0.25, -0.2) is 0 Å². The lowest BCUT2D eigenvalue weighted by molar-refractivity contribution is 0.259. The monoisotopic (exact) mass is 346 g/mol. The fourth-order valence-corrected chi connectivity index (χ4v) is 2.78. The lowest BCUT2D eigenvalue weighted by Gasteiger charge is -2.16. The molecule has 0 saturated carbocycles. The van der Waals surface area contributed by atoms with Crippen LogP contribution in [0.4, 0.5) is 0 Å². The number of hydrogen-bond donors (Lipinski definition) is 2. The molecule has 1 aromatic heterocycles. The zero-order valence-electron chi connectivity index (χ0n) is 14.6. The first kappa shape index (κ1) is 18.3. The van der Waals surface area contributed by atoms with Crippen molar-refractivity contribution in [1.82, 2.24) is 15.5 Å². The SMILES string of the molecule is CN=C(NCc1ccsc1)NCc1ccccc1OCCN(C)C. The standard InChI is InChI=1S/C18H26N4OS/c1-19-18(20-12-15-8-11-24-14-15)21-13-16-6-4-5-7-17(16)23-10-9-22(2)3/h4-8,11,14H,9-10,12-13H2,1-3H3,(H2,19,20,21). The van der Waals surface area contributed by atoms with Gasteiger partial charge in [0.25, 0.3) is 0 Å². The van der Waals surface area contributed by atoms with Crippen molar-refractivity contribution in [3.63, 3.8) is 0 Å². The number of ether oxygens (including phenoxy) is 1. The minimum atomic E-state index is 0.668. The van der Waals surface area contributed by atoms with E-state index < -0.39 is 0 Å². The van der Waals surface area contributed by atoms with Gasteiger partial charge in [0.15, 0.2) is 5.96 Å². The van der Waals surface area contributed by atoms with Crippen LogP contribution in [-0.4, -0.2) is 45.2 Å². The number of hydrogen-bond acceptors (Lipinski definition) is 4. The highest BCUT2D eigenvalue weighted by Crippen LogP contribution is 2.17. The Bertz CT molecular complexity index is 626. The molecule has 1 heterocycles. The molecule has 0 saturated heterocycles. The Hall–Kier alpha value is -2.05. The Morgan fingerprint density at radius 1 is 1.17 bits per heavy atom. The maximum atomic E-state index is 5.89. The van der Waals surface area contributed by atoms with Crippen molar-refractivity contribution in [2.45, 2.75) is 13.1 Å². The van der Waals surface area contributed by atoms with Crippen LogP contribution in [0.1, 0.15) is 11.1 Å². The van der Waals surface area contributed by atoms with E-state index in [2.05, 4.69) is 43.4 Å². The van der Waals surface area contributed by atoms with E-state index in [4.69, 9.17) is 4.74 Å². The second-order valence-corrected chi connectivity index (χ2v) is 6.45. The molecule has 0 atom stereocenters. The van der Waals surface area contributed by atoms with Crippen LogP contribution in [0.15, 0.2) is 46.1 Å². The van der Waals surface area contributed by atoms with Crippen LogP contribution in [-0.2, 0) is 13.1 Å². The second-order valence-electron chi connectivity index (χ2n) is 5.67. The number of nitrogens with zero attached hydrogens (tertiary/aromatic N) is 2. The number of likely N-dealkylation sites (N-methyl/N-ethyl adjacent to an activating group) is 1. The second kappa shape index (κ2) is 9.95. The molecule has 0 fully saturated rings. The van der Waals surface area contributed by atoms with E-state index >= 15 is 0 Å². The molecule has 1 aromatic carbocycles. The third kappa shape index (κ3) is 6.22. The summed E-state index contributed by atoms with van der Waals surface area (Å²) in [6.45, 7) is 3.01. The van der Waals surface area contributed by atoms with Crippen molar-refractivity contribution in [1.29, 1.82) is 0 Å². The van der Waals surface area contributed by atoms with Gasteiger partial charge in [0.2, 0.25) is 0 Å². The molecule has 0 aliphatic carbocycles. The van der Waals surface area contributed by atoms with E-state index in [1.54, 1.807) is 18.4 Å². The average Bonchev–Trinajstić information content (AvgIpc) is 3.09. The summed E-state index contributed by atoms with van der Waals surface area (Å²) in [6, 6.07) is 10.2. The summed E-state index contributed by atoms with van der Waals surface area (Å²) in [5.41, 5.74) is 2.38. The minimum absolute atomic E-state index is 0.668. The molecule has 24 heavy (non-hydrogen) atoms. The molecule has 0 amide bonds. The fraction of sp³-hybridized carbons (Fsp3) is 0.389. The number of thiophene rings is 1. The lowest BCUT2D eigenvalue weighted by Crippen LogP contribution is -2.36. The van der Waals surface area contributed by atoms with Crippen molar-refractivity contribution < 1.29 is 4.74 Å². The molecular formula is C18H26N4OS. The molecule has 0 aliphatic heterocycles. The molecule has 0 spiro atoms. The fourth-order valence-electron chi connectivity index (χ4n) is 2.11. The summed E-state index contributed by atoms with van der Waals surface area (Å²) in [4.78, 5) is 6.38. The van der Waals surface area contributed by atoms with Gasteiger partial charge in [-0.1, -0.05) is 18.2 Å². The van der Waals surface area contributed by atoms with Crippen LogP contribution >= 0.6 is 11.3 Å². The first-order valence-electron chi connectivity index (χ1n) is 8.00. The number of guanidine groups is 1. The zero-order chi connectivity index (χ0) is 17.2. The number of rotatable bonds is 8. The van der Waals surface area contributed by atoms with Crippen molar-refractivity contribution in [3.8, 4) is 5.75 Å². The van der Waals surface area contributed by atoms with Crippen LogP contribution in [0.25, 0.3) is 0 Å². The van der Waals surface area contributed by atoms with Gasteiger partial charge < -0.3 is 20.3 Å². The summed E-state index contributed by atoms with van der Waals surface area (Å²) in [5, 5.41) is 10.9. The van der Waals surface area contributed by atoms with E-state index in [9.17, 15) is 0 Å². The number of aliphatic imine (C=N–C) groups is 1. The molecule has 130 valence electrons. The molecule has 0 bridgehead atoms. The smallest absolute Gasteiger partial charge is 0.191 e. The topological polar surface area (TPSA) is 48.9 Å². The summed E-state index contributed by atoms with van der Waals surface area (Å²) in [7, 11) is 5.86. The Morgan fingerprint density at radius 3 is 2.67 bits per heavy atom. The van der Waals surface area contributed by atoms with Crippen LogP contribution in [0, 0.1) is 0 Å². The van der Waals surface area contributed by atoms with Crippen LogP contribution < -0.4 is 15.4 Å². The maximum Gasteiger partial charge on any atom is 0.191 e. The molecule has 2 aromatic rings. The van der Waals surface area contributed by atoms with Gasteiger partial charge in [-0.05, 0) is 42.6 Å². The van der Waals surface area contributed by atoms with Crippen molar-refractivity contribution in [3.05, 3.63) is 52.2 Å². The van der Waals surface area contributed by atoms with Crippen LogP contribution in [0.3, 0.4) is 0 Å². The predicted molar refractivity (Wildman–Crippen MR) is 102 cm³/mol. The van der Waals surface area contributed by atoms with E-state index in [-0.39, 0.29) is 0 Å². The molecule has 0 unspecified atom stereocenters. The van der Waals surface area contributed by atoms with E-state index in [1.807, 2.05) is 32.3 Å². The molecule has 2 N–H and O–H groups in total. The minimum Gasteiger partial charge on any atom is -0.492 e. The third-order valence-corrected chi connectivity index (χ3v) is 4.21. The van der Waals surface area contributed by atoms with Gasteiger partial charge in [0, 0.05) is 32.2 Å². The first-order valence-corrected chi connectivity index (χ1v) is 8.94. The number of benzene rings is 1. The molecule has 2 rings (SSSR count). The van der Waals surface area contributed by atoms with E-state index in [1.165, 1.54) is 5.56 Å². The highest BCUT2D eigenvalue weighted by atomic mass is 32.1. The van der Waals surface area contributed by atoms with Crippen molar-refractivity contribution in [2.75, 3.05) is 34.3 Å². The first-order chi connectivity index (χ1) is 11.7. The average molecular weight is 347 g/mol. The summed E-state index contributed by atoms with van der Waals surface area (Å²) in [6.07, 6.45) is 0. The number of para-hydroxylation sites is 1. The molecule has 0 radical (unpaired) electrons. The molecule has 6 heteroatoms. The highest BCUT2D eigenvalue weighted by molar-refractivity contribution is 7.07. The normalized spacial score (nSPS) is 11.6. The van der Waals surface area contributed by atoms with Gasteiger partial charge in [0.1, 0.15) is 12.4 Å². The summed E-state index contributed by atoms with van der Waals surface area (Å²) < 4.78 is 5.89. The third-order valence-electron chi connectivity index (χ3n) is 3.48. The van der Waals surface area contributed by atoms with Gasteiger partial charge in [-0.3, -0.25) is 4.99 Å². The van der Waals surface area contributed by atoms with E-state index in [0.29, 0.717) is 13.2 Å². The molecule has 5 nitrogen and oxygen atoms in total. The lowest BCUT2D eigenvalue weighted by atomic mass is 10.2. The van der Waals surface area contributed by atoms with Crippen molar-refractivity contribution in [2.24, 2.45) is 4.99 Å². The predicted octanol–water partition coefficient (Wildman–Crippen LogP) is 2.55. The molecule has 0 aliphatic rings. The Labute approximate surface area is 148 Å². The van der Waals surface area contributed by atoms with Gasteiger partial charge in [0.05, 0.1) is 0 Å². The summed E-state index contributed by atoms with van der Waals surface area (Å²) >= 11 is 1.70. The number of nitrogens with one attached hydrogen (secondary N) is 2. The summed E-state index contributed by atoms with van der Waals surface area (Å²) in [5.74, 6) is 1.70. The van der Waals surface area contributed by atoms with Gasteiger partial charge in [-0.2, -0.15) is 11.3 Å². The quantitative estimate of drug-likeness (QED) is 0.570. The Kier molecular flexibility index (Phi) is 7.58. The Balaban J connectivity index is 1.85. The van der Waals surface area contributed by atoms with Gasteiger partial charge in [-0.15, -0.1) is 0 Å². The Morgan fingerprint density at radius 2 is 1.96 bits per heavy atom. The van der Waals surface area contributed by atoms with Gasteiger partial charge >= 0.3 is 0 Å².